The van der Waals surface area contributed by atoms with Crippen molar-refractivity contribution in [3.63, 3.8) is 0 Å². The Bertz CT molecular complexity index is 1770. The first-order valence-electron chi connectivity index (χ1n) is 17.2. The maximum absolute atomic E-state index is 15.2. The number of hydrogen-bond acceptors (Lipinski definition) is 6. The van der Waals surface area contributed by atoms with Crippen molar-refractivity contribution < 1.29 is 29.0 Å². The first kappa shape index (κ1) is 36.8. The average molecular weight is 777 g/mol. The van der Waals surface area contributed by atoms with Crippen LogP contribution in [0.2, 0.25) is 5.02 Å². The molecule has 3 aliphatic rings. The Labute approximate surface area is 312 Å². The van der Waals surface area contributed by atoms with Crippen molar-refractivity contribution in [3.8, 4) is 5.75 Å². The average Bonchev–Trinajstić information content (AvgIpc) is 3.72. The van der Waals surface area contributed by atoms with Crippen LogP contribution in [0, 0.1) is 18.8 Å². The molecular weight excluding hydrogens is 734 g/mol. The highest BCUT2D eigenvalue weighted by atomic mass is 79.9. The zero-order valence-corrected chi connectivity index (χ0v) is 31.1. The summed E-state index contributed by atoms with van der Waals surface area (Å²) in [5.41, 5.74) is 1.40. The molecule has 1 spiro atoms. The zero-order valence-electron chi connectivity index (χ0n) is 28.8. The highest BCUT2D eigenvalue weighted by molar-refractivity contribution is 9.09. The lowest BCUT2D eigenvalue weighted by atomic mass is 9.70. The normalized spacial score (nSPS) is 25.3. The van der Waals surface area contributed by atoms with Gasteiger partial charge in [0.15, 0.2) is 0 Å². The van der Waals surface area contributed by atoms with E-state index in [1.165, 1.54) is 4.90 Å². The number of para-hydroxylation sites is 1. The minimum absolute atomic E-state index is 0.111. The fraction of sp³-hybridized carbons (Fsp3) is 0.375. The van der Waals surface area contributed by atoms with Crippen molar-refractivity contribution in [1.29, 1.82) is 0 Å². The number of ether oxygens (including phenoxy) is 2. The molecule has 3 aliphatic heterocycles. The molecule has 268 valence electrons. The molecule has 51 heavy (non-hydrogen) atoms. The summed E-state index contributed by atoms with van der Waals surface area (Å²) in [6.07, 6.45) is 3.16. The van der Waals surface area contributed by atoms with E-state index < -0.39 is 54.0 Å². The lowest BCUT2D eigenvalue weighted by molar-refractivity contribution is -0.144. The van der Waals surface area contributed by atoms with E-state index in [1.807, 2.05) is 56.3 Å². The van der Waals surface area contributed by atoms with E-state index in [1.54, 1.807) is 52.3 Å². The Morgan fingerprint density at radius 2 is 1.75 bits per heavy atom. The van der Waals surface area contributed by atoms with Crippen LogP contribution in [0.5, 0.6) is 5.75 Å². The van der Waals surface area contributed by atoms with E-state index in [-0.39, 0.29) is 30.2 Å². The molecule has 3 saturated heterocycles. The maximum Gasteiger partial charge on any atom is 0.253 e. The van der Waals surface area contributed by atoms with Gasteiger partial charge in [0.1, 0.15) is 17.4 Å². The third kappa shape index (κ3) is 6.52. The van der Waals surface area contributed by atoms with Gasteiger partial charge in [-0.3, -0.25) is 14.4 Å². The highest BCUT2D eigenvalue weighted by Gasteiger charge is 2.77. The van der Waals surface area contributed by atoms with E-state index in [9.17, 15) is 9.90 Å². The summed E-state index contributed by atoms with van der Waals surface area (Å²) in [6, 6.07) is 20.2. The van der Waals surface area contributed by atoms with Gasteiger partial charge in [-0.05, 0) is 68.1 Å². The molecule has 0 aliphatic carbocycles. The van der Waals surface area contributed by atoms with Gasteiger partial charge in [-0.15, -0.1) is 13.2 Å². The highest BCUT2D eigenvalue weighted by Crippen LogP contribution is 2.61. The van der Waals surface area contributed by atoms with Crippen molar-refractivity contribution in [1.82, 2.24) is 4.90 Å². The predicted molar refractivity (Wildman–Crippen MR) is 202 cm³/mol. The number of nitrogens with zero attached hydrogens (tertiary/aromatic N) is 3. The Kier molecular flexibility index (Phi) is 11.1. The number of carbonyl (C=O) groups is 3. The maximum atomic E-state index is 15.2. The molecule has 0 aromatic heterocycles. The van der Waals surface area contributed by atoms with Crippen LogP contribution in [-0.4, -0.2) is 82.6 Å². The van der Waals surface area contributed by atoms with Gasteiger partial charge in [-0.25, -0.2) is 0 Å². The van der Waals surface area contributed by atoms with Gasteiger partial charge in [0.25, 0.3) is 5.91 Å². The molecule has 3 aromatic rings. The number of aliphatic hydroxyl groups excluding tert-OH is 1. The number of hydrogen-bond donors (Lipinski definition) is 1. The number of fused-ring (bicyclic) bond motifs is 1. The minimum atomic E-state index is -1.37. The summed E-state index contributed by atoms with van der Waals surface area (Å²) in [6.45, 7) is 12.0. The third-order valence-corrected chi connectivity index (χ3v) is 11.4. The molecule has 6 rings (SSSR count). The number of rotatable bonds is 14. The van der Waals surface area contributed by atoms with E-state index in [0.717, 1.165) is 11.1 Å². The summed E-state index contributed by atoms with van der Waals surface area (Å²) in [5.74, 6) is -2.37. The van der Waals surface area contributed by atoms with Crippen molar-refractivity contribution >= 4 is 56.6 Å². The molecule has 3 heterocycles. The van der Waals surface area contributed by atoms with Crippen LogP contribution in [0.4, 0.5) is 11.4 Å². The summed E-state index contributed by atoms with van der Waals surface area (Å²) in [5, 5.41) is 11.3. The summed E-state index contributed by atoms with van der Waals surface area (Å²) in [7, 11) is 0. The number of likely N-dealkylation sites (tertiary alicyclic amines) is 1. The standard InChI is InChI=1S/C40H43BrClN3O6/c1-5-20-43(27-16-18-29(19-17-27)50-7-3)37(47)32-33-38(48)45(28(24-46)22-26-13-9-8-10-14-26)36(40(33)23-30(41)35(32)51-40)39(49)44(21-6-2)34-25(4)12-11-15-31(34)42/h5-6,8-19,28,30,32-33,35-36,46H,1-2,7,20-24H2,3-4H3/t28-,30?,32-,33+,35-,36?,40?/m1/s1. The number of anilines is 2. The van der Waals surface area contributed by atoms with Gasteiger partial charge in [-0.1, -0.05) is 82.1 Å². The van der Waals surface area contributed by atoms with Gasteiger partial charge in [0, 0.05) is 23.6 Å². The van der Waals surface area contributed by atoms with Crippen LogP contribution in [0.3, 0.4) is 0 Å². The van der Waals surface area contributed by atoms with Gasteiger partial charge in [0.2, 0.25) is 11.8 Å². The SMILES string of the molecule is C=CCN(C(=O)[C@H]1[C@@H]2OC3(CC2Br)C(C(=O)N(CC=C)c2c(C)cccc2Cl)N([C@@H](CO)Cc2ccccc2)C(=O)[C@H]13)c1ccc(OCC)cc1. The Balaban J connectivity index is 1.47. The monoisotopic (exact) mass is 775 g/mol. The molecule has 11 heteroatoms. The predicted octanol–water partition coefficient (Wildman–Crippen LogP) is 6.14. The Hall–Kier alpha value is -3.96. The molecule has 0 radical (unpaired) electrons. The molecule has 3 fully saturated rings. The molecule has 2 bridgehead atoms. The van der Waals surface area contributed by atoms with Gasteiger partial charge < -0.3 is 29.3 Å². The number of aryl methyl sites for hydroxylation is 1. The number of aliphatic hydroxyl groups is 1. The van der Waals surface area contributed by atoms with Gasteiger partial charge in [-0.2, -0.15) is 0 Å². The van der Waals surface area contributed by atoms with E-state index in [2.05, 4.69) is 29.1 Å². The number of amides is 3. The second-order valence-electron chi connectivity index (χ2n) is 13.2. The summed E-state index contributed by atoms with van der Waals surface area (Å²) >= 11 is 10.5. The van der Waals surface area contributed by atoms with Crippen LogP contribution in [0.1, 0.15) is 24.5 Å². The third-order valence-electron chi connectivity index (χ3n) is 10.2. The molecule has 0 saturated carbocycles. The van der Waals surface area contributed by atoms with E-state index in [4.69, 9.17) is 21.1 Å². The summed E-state index contributed by atoms with van der Waals surface area (Å²) < 4.78 is 12.5. The number of carbonyl (C=O) groups excluding carboxylic acids is 3. The van der Waals surface area contributed by atoms with Crippen molar-refractivity contribution in [2.45, 2.75) is 55.3 Å². The van der Waals surface area contributed by atoms with Crippen molar-refractivity contribution in [2.75, 3.05) is 36.1 Å². The Morgan fingerprint density at radius 3 is 2.37 bits per heavy atom. The number of halogens is 2. The smallest absolute Gasteiger partial charge is 0.253 e. The van der Waals surface area contributed by atoms with Gasteiger partial charge >= 0.3 is 0 Å². The van der Waals surface area contributed by atoms with Crippen LogP contribution in [-0.2, 0) is 25.5 Å². The molecular formula is C40H43BrClN3O6. The van der Waals surface area contributed by atoms with Crippen molar-refractivity contribution in [3.05, 3.63) is 114 Å². The number of benzene rings is 3. The van der Waals surface area contributed by atoms with Crippen LogP contribution in [0.15, 0.2) is 98.1 Å². The van der Waals surface area contributed by atoms with Crippen LogP contribution < -0.4 is 14.5 Å². The van der Waals surface area contributed by atoms with E-state index >= 15 is 9.59 Å². The van der Waals surface area contributed by atoms with Crippen LogP contribution in [0.25, 0.3) is 0 Å². The Morgan fingerprint density at radius 1 is 1.06 bits per heavy atom. The molecule has 3 aromatic carbocycles. The topological polar surface area (TPSA) is 99.6 Å². The lowest BCUT2D eigenvalue weighted by Gasteiger charge is -2.40. The van der Waals surface area contributed by atoms with E-state index in [0.29, 0.717) is 35.2 Å². The molecule has 7 atom stereocenters. The zero-order chi connectivity index (χ0) is 36.4. The second-order valence-corrected chi connectivity index (χ2v) is 14.8. The molecule has 3 unspecified atom stereocenters. The fourth-order valence-electron chi connectivity index (χ4n) is 8.21. The molecule has 1 N–H and O–H groups in total. The molecule has 3 amide bonds. The first-order valence-corrected chi connectivity index (χ1v) is 18.5. The number of alkyl halides is 1. The minimum Gasteiger partial charge on any atom is -0.494 e. The quantitative estimate of drug-likeness (QED) is 0.156. The largest absolute Gasteiger partial charge is 0.494 e. The molecule has 9 nitrogen and oxygen atoms in total. The first-order chi connectivity index (χ1) is 24.6. The second kappa shape index (κ2) is 15.3. The summed E-state index contributed by atoms with van der Waals surface area (Å²) in [4.78, 5) is 49.5. The van der Waals surface area contributed by atoms with Crippen LogP contribution >= 0.6 is 27.5 Å². The van der Waals surface area contributed by atoms with Crippen molar-refractivity contribution in [2.24, 2.45) is 11.8 Å². The fourth-order valence-corrected chi connectivity index (χ4v) is 9.48. The lowest BCUT2D eigenvalue weighted by Crippen LogP contribution is -2.59. The van der Waals surface area contributed by atoms with Gasteiger partial charge in [0.05, 0.1) is 47.9 Å².